The average Bonchev–Trinajstić information content (AvgIpc) is 3.04. The molecule has 1 aliphatic rings. The number of fused-ring (bicyclic) bond motifs is 1. The number of hydrogen-bond acceptors (Lipinski definition) is 5. The van der Waals surface area contributed by atoms with Gasteiger partial charge in [0.05, 0.1) is 12.8 Å². The maximum absolute atomic E-state index is 12.9. The van der Waals surface area contributed by atoms with Gasteiger partial charge >= 0.3 is 0 Å². The van der Waals surface area contributed by atoms with Crippen molar-refractivity contribution in [1.82, 2.24) is 24.6 Å². The summed E-state index contributed by atoms with van der Waals surface area (Å²) >= 11 is 0. The number of piperidine rings is 1. The lowest BCUT2D eigenvalue weighted by molar-refractivity contribution is 0.0705. The fourth-order valence-corrected chi connectivity index (χ4v) is 3.60. The zero-order valence-corrected chi connectivity index (χ0v) is 14.9. The number of methoxy groups -OCH3 is 1. The van der Waals surface area contributed by atoms with Gasteiger partial charge in [0.15, 0.2) is 5.65 Å². The van der Waals surface area contributed by atoms with Crippen molar-refractivity contribution in [3.63, 3.8) is 0 Å². The number of benzene rings is 1. The fraction of sp³-hybridized carbons (Fsp3) is 0.368. The first-order valence-corrected chi connectivity index (χ1v) is 8.74. The Kier molecular flexibility index (Phi) is 4.28. The van der Waals surface area contributed by atoms with E-state index < -0.39 is 0 Å². The van der Waals surface area contributed by atoms with Crippen LogP contribution in [0.25, 0.3) is 11.2 Å². The highest BCUT2D eigenvalue weighted by atomic mass is 16.5. The molecule has 1 saturated heterocycles. The van der Waals surface area contributed by atoms with Crippen LogP contribution in [0.1, 0.15) is 34.8 Å². The second-order valence-corrected chi connectivity index (χ2v) is 6.56. The first kappa shape index (κ1) is 16.5. The Balaban J connectivity index is 1.60. The van der Waals surface area contributed by atoms with E-state index >= 15 is 0 Å². The van der Waals surface area contributed by atoms with Crippen molar-refractivity contribution in [3.05, 3.63) is 47.9 Å². The molecule has 0 spiro atoms. The minimum absolute atomic E-state index is 0.0277. The van der Waals surface area contributed by atoms with Gasteiger partial charge in [-0.25, -0.2) is 14.6 Å². The SMILES string of the molecule is COc1cccc(C(=O)N2CCC[C@@H](c3nn(C)c4nccnc34)C2)c1. The molecule has 26 heavy (non-hydrogen) atoms. The fourth-order valence-electron chi connectivity index (χ4n) is 3.60. The van der Waals surface area contributed by atoms with Crippen molar-refractivity contribution in [2.75, 3.05) is 20.2 Å². The topological polar surface area (TPSA) is 73.1 Å². The van der Waals surface area contributed by atoms with E-state index in [9.17, 15) is 4.79 Å². The summed E-state index contributed by atoms with van der Waals surface area (Å²) in [5.41, 5.74) is 3.18. The van der Waals surface area contributed by atoms with Crippen LogP contribution in [0.5, 0.6) is 5.75 Å². The van der Waals surface area contributed by atoms with E-state index in [-0.39, 0.29) is 11.8 Å². The molecular weight excluding hydrogens is 330 g/mol. The van der Waals surface area contributed by atoms with E-state index in [2.05, 4.69) is 15.1 Å². The van der Waals surface area contributed by atoms with Crippen molar-refractivity contribution in [3.8, 4) is 5.75 Å². The number of ether oxygens (including phenoxy) is 1. The lowest BCUT2D eigenvalue weighted by Gasteiger charge is -2.32. The smallest absolute Gasteiger partial charge is 0.254 e. The number of amides is 1. The number of rotatable bonds is 3. The molecule has 0 saturated carbocycles. The van der Waals surface area contributed by atoms with Crippen LogP contribution < -0.4 is 4.74 Å². The van der Waals surface area contributed by atoms with Crippen LogP contribution in [0.3, 0.4) is 0 Å². The predicted molar refractivity (Wildman–Crippen MR) is 97.2 cm³/mol. The molecule has 3 heterocycles. The summed E-state index contributed by atoms with van der Waals surface area (Å²) in [5.74, 6) is 0.883. The highest BCUT2D eigenvalue weighted by Crippen LogP contribution is 2.30. The minimum atomic E-state index is 0.0277. The van der Waals surface area contributed by atoms with Crippen LogP contribution in [-0.4, -0.2) is 50.8 Å². The third kappa shape index (κ3) is 2.89. The van der Waals surface area contributed by atoms with Crippen molar-refractivity contribution in [1.29, 1.82) is 0 Å². The van der Waals surface area contributed by atoms with E-state index in [4.69, 9.17) is 4.74 Å². The number of aryl methyl sites for hydroxylation is 1. The van der Waals surface area contributed by atoms with Gasteiger partial charge in [0.2, 0.25) is 0 Å². The molecule has 0 aliphatic carbocycles. The van der Waals surface area contributed by atoms with Crippen LogP contribution in [0, 0.1) is 0 Å². The maximum atomic E-state index is 12.9. The molecule has 0 N–H and O–H groups in total. The third-order valence-electron chi connectivity index (χ3n) is 4.90. The number of likely N-dealkylation sites (tertiary alicyclic amines) is 1. The molecule has 2 aromatic heterocycles. The molecule has 0 unspecified atom stereocenters. The van der Waals surface area contributed by atoms with Gasteiger partial charge in [0, 0.05) is 44.0 Å². The lowest BCUT2D eigenvalue weighted by atomic mass is 9.94. The molecule has 1 atom stereocenters. The van der Waals surface area contributed by atoms with Crippen molar-refractivity contribution >= 4 is 17.1 Å². The van der Waals surface area contributed by atoms with E-state index in [1.807, 2.05) is 30.1 Å². The van der Waals surface area contributed by atoms with E-state index in [1.54, 1.807) is 30.3 Å². The zero-order valence-electron chi connectivity index (χ0n) is 14.9. The molecule has 1 amide bonds. The number of carbonyl (C=O) groups is 1. The first-order chi connectivity index (χ1) is 12.7. The van der Waals surface area contributed by atoms with Crippen molar-refractivity contribution < 1.29 is 9.53 Å². The molecule has 1 aliphatic heterocycles. The van der Waals surface area contributed by atoms with Gasteiger partial charge in [-0.1, -0.05) is 6.07 Å². The Morgan fingerprint density at radius 2 is 2.12 bits per heavy atom. The molecule has 0 radical (unpaired) electrons. The first-order valence-electron chi connectivity index (χ1n) is 8.74. The Labute approximate surface area is 151 Å². The summed E-state index contributed by atoms with van der Waals surface area (Å²) in [4.78, 5) is 23.7. The number of hydrogen-bond donors (Lipinski definition) is 0. The zero-order chi connectivity index (χ0) is 18.1. The number of carbonyl (C=O) groups excluding carboxylic acids is 1. The Bertz CT molecular complexity index is 952. The monoisotopic (exact) mass is 351 g/mol. The normalized spacial score (nSPS) is 17.5. The summed E-state index contributed by atoms with van der Waals surface area (Å²) in [6, 6.07) is 7.30. The maximum Gasteiger partial charge on any atom is 0.254 e. The van der Waals surface area contributed by atoms with Gasteiger partial charge in [-0.15, -0.1) is 0 Å². The summed E-state index contributed by atoms with van der Waals surface area (Å²) in [5, 5.41) is 4.64. The molecule has 7 heteroatoms. The molecule has 4 rings (SSSR count). The van der Waals surface area contributed by atoms with Gasteiger partial charge in [0.25, 0.3) is 5.91 Å². The average molecular weight is 351 g/mol. The molecule has 134 valence electrons. The molecule has 1 fully saturated rings. The highest BCUT2D eigenvalue weighted by molar-refractivity contribution is 5.94. The Hall–Kier alpha value is -2.96. The van der Waals surface area contributed by atoms with Crippen molar-refractivity contribution in [2.45, 2.75) is 18.8 Å². The third-order valence-corrected chi connectivity index (χ3v) is 4.90. The quantitative estimate of drug-likeness (QED) is 0.724. The number of nitrogens with zero attached hydrogens (tertiary/aromatic N) is 5. The Morgan fingerprint density at radius 3 is 2.96 bits per heavy atom. The summed E-state index contributed by atoms with van der Waals surface area (Å²) in [6.07, 6.45) is 5.30. The standard InChI is InChI=1S/C19H21N5O2/c1-23-18-17(20-8-9-21-18)16(22-23)14-6-4-10-24(12-14)19(25)13-5-3-7-15(11-13)26-2/h3,5,7-9,11,14H,4,6,10,12H2,1-2H3/t14-/m1/s1. The predicted octanol–water partition coefficient (Wildman–Crippen LogP) is 2.39. The van der Waals surface area contributed by atoms with Crippen LogP contribution in [0.4, 0.5) is 0 Å². The highest BCUT2D eigenvalue weighted by Gasteiger charge is 2.29. The van der Waals surface area contributed by atoms with Crippen LogP contribution in [0.2, 0.25) is 0 Å². The van der Waals surface area contributed by atoms with Gasteiger partial charge in [0.1, 0.15) is 11.3 Å². The second-order valence-electron chi connectivity index (χ2n) is 6.56. The van der Waals surface area contributed by atoms with Crippen molar-refractivity contribution in [2.24, 2.45) is 7.05 Å². The molecule has 1 aromatic carbocycles. The summed E-state index contributed by atoms with van der Waals surface area (Å²) in [6.45, 7) is 1.39. The van der Waals surface area contributed by atoms with Gasteiger partial charge in [-0.3, -0.25) is 4.79 Å². The lowest BCUT2D eigenvalue weighted by Crippen LogP contribution is -2.39. The van der Waals surface area contributed by atoms with Gasteiger partial charge in [-0.05, 0) is 31.0 Å². The van der Waals surface area contributed by atoms with E-state index in [0.29, 0.717) is 17.9 Å². The second kappa shape index (κ2) is 6.74. The summed E-state index contributed by atoms with van der Waals surface area (Å²) in [7, 11) is 3.48. The molecule has 7 nitrogen and oxygen atoms in total. The van der Waals surface area contributed by atoms with Gasteiger partial charge < -0.3 is 9.64 Å². The largest absolute Gasteiger partial charge is 0.497 e. The van der Waals surface area contributed by atoms with Gasteiger partial charge in [-0.2, -0.15) is 5.10 Å². The molecule has 3 aromatic rings. The summed E-state index contributed by atoms with van der Waals surface area (Å²) < 4.78 is 7.00. The molecule has 0 bridgehead atoms. The Morgan fingerprint density at radius 1 is 1.27 bits per heavy atom. The molecular formula is C19H21N5O2. The van der Waals surface area contributed by atoms with Crippen LogP contribution in [-0.2, 0) is 7.05 Å². The van der Waals surface area contributed by atoms with Crippen LogP contribution in [0.15, 0.2) is 36.7 Å². The van der Waals surface area contributed by atoms with E-state index in [1.165, 1.54) is 0 Å². The van der Waals surface area contributed by atoms with E-state index in [0.717, 1.165) is 36.2 Å². The number of aromatic nitrogens is 4. The van der Waals surface area contributed by atoms with Crippen LogP contribution >= 0.6 is 0 Å². The minimum Gasteiger partial charge on any atom is -0.497 e.